The Hall–Kier alpha value is -3.30. The van der Waals surface area contributed by atoms with Gasteiger partial charge in [-0.2, -0.15) is 5.10 Å². The molecule has 0 aliphatic heterocycles. The second kappa shape index (κ2) is 6.67. The van der Waals surface area contributed by atoms with Gasteiger partial charge in [0.05, 0.1) is 11.5 Å². The van der Waals surface area contributed by atoms with Gasteiger partial charge >= 0.3 is 5.76 Å². The van der Waals surface area contributed by atoms with Crippen LogP contribution in [0.2, 0.25) is 0 Å². The molecule has 0 unspecified atom stereocenters. The van der Waals surface area contributed by atoms with Crippen molar-refractivity contribution in [2.24, 2.45) is 5.92 Å². The van der Waals surface area contributed by atoms with Crippen LogP contribution in [0, 0.1) is 16.0 Å². The van der Waals surface area contributed by atoms with Gasteiger partial charge in [0.25, 0.3) is 5.69 Å². The van der Waals surface area contributed by atoms with Gasteiger partial charge in [0.15, 0.2) is 5.82 Å². The maximum Gasteiger partial charge on any atom is 0.442 e. The molecule has 0 aliphatic carbocycles. The maximum absolute atomic E-state index is 12.0. The number of nitro groups is 1. The summed E-state index contributed by atoms with van der Waals surface area (Å²) >= 11 is 0. The predicted octanol–water partition coefficient (Wildman–Crippen LogP) is 1.71. The molecule has 25 heavy (non-hydrogen) atoms. The van der Waals surface area contributed by atoms with Gasteiger partial charge in [-0.15, -0.1) is 0 Å². The molecule has 1 aromatic carbocycles. The Labute approximate surface area is 141 Å². The van der Waals surface area contributed by atoms with Crippen LogP contribution >= 0.6 is 0 Å². The van der Waals surface area contributed by atoms with E-state index in [1.54, 1.807) is 4.68 Å². The Morgan fingerprint density at radius 2 is 2.00 bits per heavy atom. The molecular formula is C15H16N6O4. The lowest BCUT2D eigenvalue weighted by Gasteiger charge is -2.09. The molecule has 2 aromatic heterocycles. The lowest BCUT2D eigenvalue weighted by molar-refractivity contribution is -0.384. The molecule has 0 aliphatic rings. The van der Waals surface area contributed by atoms with E-state index in [1.165, 1.54) is 35.2 Å². The first-order valence-corrected chi connectivity index (χ1v) is 7.63. The van der Waals surface area contributed by atoms with Crippen molar-refractivity contribution in [3.8, 4) is 11.4 Å². The minimum absolute atomic E-state index is 0.0437. The first-order chi connectivity index (χ1) is 12.0. The summed E-state index contributed by atoms with van der Waals surface area (Å²) in [7, 11) is 0. The molecule has 0 atom stereocenters. The predicted molar refractivity (Wildman–Crippen MR) is 86.8 cm³/mol. The van der Waals surface area contributed by atoms with Gasteiger partial charge in [-0.25, -0.2) is 19.0 Å². The number of nitro benzene ring substituents is 1. The summed E-state index contributed by atoms with van der Waals surface area (Å²) in [5.41, 5.74) is 0.490. The first-order valence-electron chi connectivity index (χ1n) is 7.63. The minimum atomic E-state index is -0.632. The van der Waals surface area contributed by atoms with Gasteiger partial charge in [-0.3, -0.25) is 14.6 Å². The highest BCUT2D eigenvalue weighted by molar-refractivity contribution is 5.57. The zero-order valence-corrected chi connectivity index (χ0v) is 13.7. The molecule has 10 nitrogen and oxygen atoms in total. The van der Waals surface area contributed by atoms with Crippen molar-refractivity contribution < 1.29 is 9.45 Å². The summed E-state index contributed by atoms with van der Waals surface area (Å²) in [5, 5.41) is 18.7. The average molecular weight is 344 g/mol. The molecule has 130 valence electrons. The molecule has 0 bridgehead atoms. The van der Waals surface area contributed by atoms with Crippen LogP contribution in [0.3, 0.4) is 0 Å². The van der Waals surface area contributed by atoms with Crippen LogP contribution in [-0.2, 0) is 13.1 Å². The molecule has 0 amide bonds. The van der Waals surface area contributed by atoms with E-state index in [4.69, 9.17) is 4.52 Å². The van der Waals surface area contributed by atoms with E-state index in [0.717, 1.165) is 0 Å². The Morgan fingerprint density at radius 3 is 2.64 bits per heavy atom. The maximum atomic E-state index is 12.0. The summed E-state index contributed by atoms with van der Waals surface area (Å²) in [6, 6.07) is 5.73. The molecule has 10 heteroatoms. The molecule has 0 spiro atoms. The molecule has 0 saturated carbocycles. The number of non-ortho nitro benzene ring substituents is 1. The summed E-state index contributed by atoms with van der Waals surface area (Å²) < 4.78 is 7.81. The van der Waals surface area contributed by atoms with E-state index in [2.05, 4.69) is 29.1 Å². The van der Waals surface area contributed by atoms with E-state index in [-0.39, 0.29) is 18.1 Å². The lowest BCUT2D eigenvalue weighted by atomic mass is 10.2. The van der Waals surface area contributed by atoms with E-state index in [0.29, 0.717) is 23.9 Å². The number of nitrogens with zero attached hydrogens (tertiary/aromatic N) is 6. The van der Waals surface area contributed by atoms with Crippen molar-refractivity contribution in [1.29, 1.82) is 0 Å². The van der Waals surface area contributed by atoms with Gasteiger partial charge in [-0.1, -0.05) is 19.0 Å². The molecule has 3 aromatic rings. The SMILES string of the molecule is CC(C)Cn1ncnc1Cn1c(-c2ccc([N+](=O)[O-])cc2)noc1=O. The zero-order chi connectivity index (χ0) is 18.0. The molecule has 2 heterocycles. The third kappa shape index (κ3) is 3.47. The van der Waals surface area contributed by atoms with Crippen molar-refractivity contribution in [2.75, 3.05) is 0 Å². The fraction of sp³-hybridized carbons (Fsp3) is 0.333. The van der Waals surface area contributed by atoms with Crippen LogP contribution in [0.25, 0.3) is 11.4 Å². The number of hydrogen-bond acceptors (Lipinski definition) is 7. The molecule has 3 rings (SSSR count). The number of hydrogen-bond donors (Lipinski definition) is 0. The fourth-order valence-corrected chi connectivity index (χ4v) is 2.40. The van der Waals surface area contributed by atoms with E-state index < -0.39 is 10.7 Å². The Morgan fingerprint density at radius 1 is 1.28 bits per heavy atom. The third-order valence-electron chi connectivity index (χ3n) is 3.56. The largest absolute Gasteiger partial charge is 0.442 e. The Balaban J connectivity index is 1.94. The first kappa shape index (κ1) is 16.6. The summed E-state index contributed by atoms with van der Waals surface area (Å²) in [6.45, 7) is 4.92. The van der Waals surface area contributed by atoms with Crippen molar-refractivity contribution in [1.82, 2.24) is 24.5 Å². The molecular weight excluding hydrogens is 328 g/mol. The molecule has 0 saturated heterocycles. The van der Waals surface area contributed by atoms with E-state index in [9.17, 15) is 14.9 Å². The summed E-state index contributed by atoms with van der Waals surface area (Å²) in [6.07, 6.45) is 1.43. The smallest absolute Gasteiger partial charge is 0.295 e. The third-order valence-corrected chi connectivity index (χ3v) is 3.56. The molecule has 0 N–H and O–H groups in total. The van der Waals surface area contributed by atoms with Gasteiger partial charge in [0, 0.05) is 24.2 Å². The van der Waals surface area contributed by atoms with Gasteiger partial charge in [0.2, 0.25) is 0 Å². The Kier molecular flexibility index (Phi) is 4.42. The second-order valence-corrected chi connectivity index (χ2v) is 5.91. The average Bonchev–Trinajstić information content (AvgIpc) is 3.15. The normalized spacial score (nSPS) is 11.2. The quantitative estimate of drug-likeness (QED) is 0.492. The Bertz CT molecular complexity index is 938. The van der Waals surface area contributed by atoms with E-state index in [1.807, 2.05) is 0 Å². The second-order valence-electron chi connectivity index (χ2n) is 5.91. The topological polar surface area (TPSA) is 122 Å². The fourth-order valence-electron chi connectivity index (χ4n) is 2.40. The van der Waals surface area contributed by atoms with Gasteiger partial charge < -0.3 is 0 Å². The monoisotopic (exact) mass is 344 g/mol. The highest BCUT2D eigenvalue weighted by Crippen LogP contribution is 2.20. The van der Waals surface area contributed by atoms with Crippen molar-refractivity contribution in [3.63, 3.8) is 0 Å². The van der Waals surface area contributed by atoms with Crippen LogP contribution in [0.1, 0.15) is 19.7 Å². The number of rotatable bonds is 6. The van der Waals surface area contributed by atoms with Crippen molar-refractivity contribution in [2.45, 2.75) is 26.9 Å². The van der Waals surface area contributed by atoms with Crippen LogP contribution in [-0.4, -0.2) is 29.4 Å². The number of aromatic nitrogens is 5. The molecule has 0 radical (unpaired) electrons. The zero-order valence-electron chi connectivity index (χ0n) is 13.7. The van der Waals surface area contributed by atoms with Crippen molar-refractivity contribution in [3.05, 3.63) is 57.1 Å². The van der Waals surface area contributed by atoms with Crippen LogP contribution < -0.4 is 5.76 Å². The van der Waals surface area contributed by atoms with Crippen LogP contribution in [0.15, 0.2) is 39.9 Å². The standard InChI is InChI=1S/C15H16N6O4/c1-10(2)7-20-13(16-9-17-20)8-19-14(18-25-15(19)22)11-3-5-12(6-4-11)21(23)24/h3-6,9-10H,7-8H2,1-2H3. The van der Waals surface area contributed by atoms with Crippen molar-refractivity contribution >= 4 is 5.69 Å². The summed E-state index contributed by atoms with van der Waals surface area (Å²) in [5.74, 6) is 0.613. The lowest BCUT2D eigenvalue weighted by Crippen LogP contribution is -2.20. The van der Waals surface area contributed by atoms with Gasteiger partial charge in [-0.05, 0) is 18.1 Å². The van der Waals surface area contributed by atoms with Crippen LogP contribution in [0.4, 0.5) is 5.69 Å². The highest BCUT2D eigenvalue weighted by atomic mass is 16.6. The van der Waals surface area contributed by atoms with E-state index >= 15 is 0 Å². The highest BCUT2D eigenvalue weighted by Gasteiger charge is 2.17. The van der Waals surface area contributed by atoms with Crippen LogP contribution in [0.5, 0.6) is 0 Å². The summed E-state index contributed by atoms with van der Waals surface area (Å²) in [4.78, 5) is 26.5. The molecule has 0 fully saturated rings. The number of benzene rings is 1. The van der Waals surface area contributed by atoms with Gasteiger partial charge in [0.1, 0.15) is 12.2 Å². The minimum Gasteiger partial charge on any atom is -0.295 e.